The fourth-order valence-electron chi connectivity index (χ4n) is 2.18. The molecular formula is C14H10N2O2. The number of benzene rings is 2. The minimum absolute atomic E-state index is 0.227. The molecule has 4 rings (SSSR count). The van der Waals surface area contributed by atoms with Gasteiger partial charge in [-0.3, -0.25) is 9.59 Å². The topological polar surface area (TPSA) is 72.2 Å². The van der Waals surface area contributed by atoms with Gasteiger partial charge in [-0.05, 0) is 29.8 Å². The van der Waals surface area contributed by atoms with Gasteiger partial charge in [0.1, 0.15) is 0 Å². The Kier molecular flexibility index (Phi) is 2.16. The lowest BCUT2D eigenvalue weighted by Gasteiger charge is -2.17. The molecule has 0 fully saturated rings. The van der Waals surface area contributed by atoms with Gasteiger partial charge in [0.15, 0.2) is 0 Å². The normalized spacial score (nSPS) is 12.3. The largest absolute Gasteiger partial charge is 0.366 e. The van der Waals surface area contributed by atoms with E-state index in [4.69, 9.17) is 5.73 Å². The van der Waals surface area contributed by atoms with E-state index in [-0.39, 0.29) is 5.91 Å². The molecule has 0 atom stereocenters. The van der Waals surface area contributed by atoms with Crippen molar-refractivity contribution in [3.63, 3.8) is 0 Å². The molecule has 2 aliphatic heterocycles. The molecule has 0 saturated heterocycles. The maximum atomic E-state index is 12.1. The van der Waals surface area contributed by atoms with Crippen LogP contribution in [-0.4, -0.2) is 11.8 Å². The lowest BCUT2D eigenvalue weighted by Crippen LogP contribution is -2.19. The highest BCUT2D eigenvalue weighted by atomic mass is 16.2. The van der Waals surface area contributed by atoms with Crippen LogP contribution in [-0.2, 0) is 0 Å². The Hall–Kier alpha value is -2.62. The highest BCUT2D eigenvalue weighted by Crippen LogP contribution is 2.31. The predicted octanol–water partition coefficient (Wildman–Crippen LogP) is 2.02. The smallest absolute Gasteiger partial charge is 0.256 e. The van der Waals surface area contributed by atoms with Gasteiger partial charge in [-0.15, -0.1) is 0 Å². The number of hydrogen-bond acceptors (Lipinski definition) is 2. The molecule has 18 heavy (non-hydrogen) atoms. The summed E-state index contributed by atoms with van der Waals surface area (Å²) in [5, 5.41) is 2.77. The SMILES string of the molecule is NC(=O)c1cccc2c1-c1ccc(cc1)NC2=O. The van der Waals surface area contributed by atoms with Gasteiger partial charge in [0, 0.05) is 22.4 Å². The maximum absolute atomic E-state index is 12.1. The Balaban J connectivity index is 2.40. The summed E-state index contributed by atoms with van der Waals surface area (Å²) in [4.78, 5) is 23.5. The van der Waals surface area contributed by atoms with Crippen molar-refractivity contribution in [3.8, 4) is 11.1 Å². The van der Waals surface area contributed by atoms with E-state index in [1.54, 1.807) is 30.3 Å². The monoisotopic (exact) mass is 238 g/mol. The second-order valence-electron chi connectivity index (χ2n) is 4.12. The molecule has 4 heteroatoms. The standard InChI is InChI=1S/C14H10N2O2/c15-13(17)10-2-1-3-11-12(10)8-4-6-9(7-5-8)16-14(11)18/h1-7H,(H2,15,17)(H,16,18). The molecule has 0 saturated carbocycles. The number of rotatable bonds is 1. The van der Waals surface area contributed by atoms with E-state index in [1.807, 2.05) is 12.1 Å². The van der Waals surface area contributed by atoms with Crippen molar-refractivity contribution in [2.75, 3.05) is 5.32 Å². The lowest BCUT2D eigenvalue weighted by molar-refractivity contribution is 0.100. The maximum Gasteiger partial charge on any atom is 0.256 e. The Morgan fingerprint density at radius 3 is 2.44 bits per heavy atom. The van der Waals surface area contributed by atoms with Crippen LogP contribution in [0.25, 0.3) is 11.1 Å². The van der Waals surface area contributed by atoms with E-state index >= 15 is 0 Å². The first kappa shape index (κ1) is 10.5. The molecule has 2 aromatic rings. The van der Waals surface area contributed by atoms with Gasteiger partial charge in [-0.25, -0.2) is 0 Å². The molecule has 0 radical (unpaired) electrons. The zero-order valence-corrected chi connectivity index (χ0v) is 9.44. The molecule has 2 bridgehead atoms. The van der Waals surface area contributed by atoms with Crippen molar-refractivity contribution >= 4 is 17.5 Å². The average Bonchev–Trinajstić information content (AvgIpc) is 2.36. The van der Waals surface area contributed by atoms with Crippen molar-refractivity contribution in [2.24, 2.45) is 5.73 Å². The molecule has 2 aromatic carbocycles. The summed E-state index contributed by atoms with van der Waals surface area (Å²) < 4.78 is 0. The van der Waals surface area contributed by atoms with Crippen molar-refractivity contribution in [1.29, 1.82) is 0 Å². The van der Waals surface area contributed by atoms with E-state index in [0.29, 0.717) is 16.7 Å². The van der Waals surface area contributed by atoms with Gasteiger partial charge in [-0.1, -0.05) is 18.2 Å². The zero-order valence-electron chi connectivity index (χ0n) is 9.44. The molecule has 0 aromatic heterocycles. The first-order valence-corrected chi connectivity index (χ1v) is 5.51. The van der Waals surface area contributed by atoms with Crippen molar-refractivity contribution < 1.29 is 9.59 Å². The Morgan fingerprint density at radius 2 is 1.78 bits per heavy atom. The third-order valence-electron chi connectivity index (χ3n) is 3.01. The highest BCUT2D eigenvalue weighted by Gasteiger charge is 2.21. The summed E-state index contributed by atoms with van der Waals surface area (Å²) >= 11 is 0. The predicted molar refractivity (Wildman–Crippen MR) is 68.3 cm³/mol. The molecule has 2 amide bonds. The summed E-state index contributed by atoms with van der Waals surface area (Å²) in [6.45, 7) is 0. The minimum atomic E-state index is -0.538. The second-order valence-corrected chi connectivity index (χ2v) is 4.12. The third kappa shape index (κ3) is 1.47. The fraction of sp³-hybridized carbons (Fsp3) is 0. The average molecular weight is 238 g/mol. The number of amides is 2. The molecule has 0 unspecified atom stereocenters. The quantitative estimate of drug-likeness (QED) is 0.797. The number of fused-ring (bicyclic) bond motifs is 3. The van der Waals surface area contributed by atoms with E-state index < -0.39 is 5.91 Å². The number of carbonyl (C=O) groups is 2. The van der Waals surface area contributed by atoms with Crippen LogP contribution >= 0.6 is 0 Å². The van der Waals surface area contributed by atoms with Crippen LogP contribution in [0.1, 0.15) is 20.7 Å². The number of primary amides is 1. The molecule has 88 valence electrons. The molecule has 2 heterocycles. The summed E-state index contributed by atoms with van der Waals surface area (Å²) in [5.74, 6) is -0.765. The van der Waals surface area contributed by atoms with Crippen molar-refractivity contribution in [2.45, 2.75) is 0 Å². The minimum Gasteiger partial charge on any atom is -0.366 e. The lowest BCUT2D eigenvalue weighted by atomic mass is 9.92. The molecule has 2 aliphatic rings. The van der Waals surface area contributed by atoms with E-state index in [9.17, 15) is 9.59 Å². The number of hydrogen-bond donors (Lipinski definition) is 2. The molecule has 4 nitrogen and oxygen atoms in total. The summed E-state index contributed by atoms with van der Waals surface area (Å²) in [6.07, 6.45) is 0. The van der Waals surface area contributed by atoms with Crippen LogP contribution in [0.3, 0.4) is 0 Å². The van der Waals surface area contributed by atoms with Crippen LogP contribution in [0.15, 0.2) is 42.5 Å². The summed E-state index contributed by atoms with van der Waals surface area (Å²) in [7, 11) is 0. The third-order valence-corrected chi connectivity index (χ3v) is 3.01. The van der Waals surface area contributed by atoms with Crippen LogP contribution < -0.4 is 11.1 Å². The van der Waals surface area contributed by atoms with Crippen LogP contribution in [0, 0.1) is 0 Å². The summed E-state index contributed by atoms with van der Waals surface area (Å²) in [6, 6.07) is 12.3. The van der Waals surface area contributed by atoms with Gasteiger partial charge in [-0.2, -0.15) is 0 Å². The second kappa shape index (κ2) is 3.70. The Morgan fingerprint density at radius 1 is 1.06 bits per heavy atom. The van der Waals surface area contributed by atoms with Crippen molar-refractivity contribution in [1.82, 2.24) is 0 Å². The Bertz CT molecular complexity index is 660. The van der Waals surface area contributed by atoms with Gasteiger partial charge < -0.3 is 11.1 Å². The first-order valence-electron chi connectivity index (χ1n) is 5.51. The number of anilines is 1. The zero-order chi connectivity index (χ0) is 12.7. The van der Waals surface area contributed by atoms with Gasteiger partial charge in [0.2, 0.25) is 5.91 Å². The van der Waals surface area contributed by atoms with Gasteiger partial charge in [0.25, 0.3) is 5.91 Å². The van der Waals surface area contributed by atoms with Crippen LogP contribution in [0.5, 0.6) is 0 Å². The van der Waals surface area contributed by atoms with Crippen molar-refractivity contribution in [3.05, 3.63) is 53.6 Å². The highest BCUT2D eigenvalue weighted by molar-refractivity contribution is 6.14. The van der Waals surface area contributed by atoms with E-state index in [0.717, 1.165) is 11.3 Å². The first-order chi connectivity index (χ1) is 8.66. The van der Waals surface area contributed by atoms with Crippen LogP contribution in [0.2, 0.25) is 0 Å². The molecule has 0 spiro atoms. The number of carbonyl (C=O) groups excluding carboxylic acids is 2. The van der Waals surface area contributed by atoms with Gasteiger partial charge >= 0.3 is 0 Å². The fourth-order valence-corrected chi connectivity index (χ4v) is 2.18. The van der Waals surface area contributed by atoms with Crippen LogP contribution in [0.4, 0.5) is 5.69 Å². The number of nitrogens with two attached hydrogens (primary N) is 1. The van der Waals surface area contributed by atoms with E-state index in [1.165, 1.54) is 0 Å². The van der Waals surface area contributed by atoms with E-state index in [2.05, 4.69) is 5.32 Å². The number of nitrogens with one attached hydrogen (secondary N) is 1. The molecular weight excluding hydrogens is 228 g/mol. The summed E-state index contributed by atoms with van der Waals surface area (Å²) in [5.41, 5.74) is 8.33. The molecule has 0 aliphatic carbocycles. The molecule has 3 N–H and O–H groups in total. The Labute approximate surface area is 103 Å². The van der Waals surface area contributed by atoms with Gasteiger partial charge in [0.05, 0.1) is 0 Å².